The highest BCUT2D eigenvalue weighted by Gasteiger charge is 2.19. The molecule has 0 bridgehead atoms. The Hall–Kier alpha value is -1.33. The topological polar surface area (TPSA) is 35.6 Å². The monoisotopic (exact) mass is 308 g/mol. The van der Waals surface area contributed by atoms with E-state index in [9.17, 15) is 0 Å². The number of hydrogen-bond donors (Lipinski definition) is 0. The van der Waals surface area contributed by atoms with Crippen LogP contribution in [0.3, 0.4) is 0 Å². The van der Waals surface area contributed by atoms with Gasteiger partial charge in [0.2, 0.25) is 0 Å². The zero-order valence-corrected chi connectivity index (χ0v) is 13.4. The van der Waals surface area contributed by atoms with Gasteiger partial charge >= 0.3 is 0 Å². The van der Waals surface area contributed by atoms with Crippen molar-refractivity contribution in [1.82, 2.24) is 19.3 Å². The average Bonchev–Trinajstić information content (AvgIpc) is 3.07. The molecule has 0 spiro atoms. The van der Waals surface area contributed by atoms with E-state index in [1.165, 1.54) is 4.88 Å². The van der Waals surface area contributed by atoms with E-state index in [-0.39, 0.29) is 5.38 Å². The second-order valence-electron chi connectivity index (χ2n) is 4.95. The predicted molar refractivity (Wildman–Crippen MR) is 83.5 cm³/mol. The summed E-state index contributed by atoms with van der Waals surface area (Å²) in [4.78, 5) is 6.06. The van der Waals surface area contributed by atoms with E-state index in [1.807, 2.05) is 25.6 Å². The first-order valence-electron chi connectivity index (χ1n) is 6.64. The minimum atomic E-state index is -0.106. The number of hydrogen-bond acceptors (Lipinski definition) is 3. The lowest BCUT2D eigenvalue weighted by molar-refractivity contribution is 0.640. The number of aryl methyl sites for hydroxylation is 4. The van der Waals surface area contributed by atoms with Gasteiger partial charge in [0.15, 0.2) is 5.65 Å². The standard InChI is InChI=1S/C14H17ClN4S/c1-9(15)13-16-12-10(2)17-18(3)14(12)19(13)7-6-11-5-4-8-20-11/h4-5,8-9H,6-7H2,1-3H3. The number of fused-ring (bicyclic) bond motifs is 1. The van der Waals surface area contributed by atoms with Crippen molar-refractivity contribution >= 4 is 34.1 Å². The summed E-state index contributed by atoms with van der Waals surface area (Å²) in [6.07, 6.45) is 0.990. The molecule has 0 aliphatic heterocycles. The number of imidazole rings is 1. The highest BCUT2D eigenvalue weighted by atomic mass is 35.5. The highest BCUT2D eigenvalue weighted by Crippen LogP contribution is 2.26. The van der Waals surface area contributed by atoms with Gasteiger partial charge in [-0.05, 0) is 31.7 Å². The third-order valence-corrected chi connectivity index (χ3v) is 4.57. The molecule has 0 saturated heterocycles. The lowest BCUT2D eigenvalue weighted by Crippen LogP contribution is -2.09. The molecule has 3 aromatic rings. The molecule has 1 unspecified atom stereocenters. The molecule has 3 rings (SSSR count). The van der Waals surface area contributed by atoms with Gasteiger partial charge in [0.25, 0.3) is 0 Å². The second-order valence-corrected chi connectivity index (χ2v) is 6.64. The van der Waals surface area contributed by atoms with Crippen molar-refractivity contribution in [3.05, 3.63) is 33.9 Å². The van der Waals surface area contributed by atoms with Crippen LogP contribution >= 0.6 is 22.9 Å². The van der Waals surface area contributed by atoms with E-state index >= 15 is 0 Å². The van der Waals surface area contributed by atoms with Gasteiger partial charge in [0, 0.05) is 18.5 Å². The minimum absolute atomic E-state index is 0.106. The van der Waals surface area contributed by atoms with E-state index in [4.69, 9.17) is 11.6 Å². The van der Waals surface area contributed by atoms with Gasteiger partial charge in [-0.25, -0.2) is 4.98 Å². The fourth-order valence-corrected chi connectivity index (χ4v) is 3.42. The number of thiophene rings is 1. The molecule has 6 heteroatoms. The van der Waals surface area contributed by atoms with Crippen LogP contribution in [0.2, 0.25) is 0 Å². The molecule has 0 aliphatic rings. The Morgan fingerprint density at radius 2 is 2.25 bits per heavy atom. The van der Waals surface area contributed by atoms with Gasteiger partial charge in [-0.15, -0.1) is 22.9 Å². The Balaban J connectivity index is 2.04. The Labute approximate surface area is 127 Å². The normalized spacial score (nSPS) is 13.2. The molecular formula is C14H17ClN4S. The maximum Gasteiger partial charge on any atom is 0.158 e. The molecule has 4 nitrogen and oxygen atoms in total. The summed E-state index contributed by atoms with van der Waals surface area (Å²) in [6, 6.07) is 4.25. The molecule has 0 N–H and O–H groups in total. The third-order valence-electron chi connectivity index (χ3n) is 3.44. The molecule has 1 atom stereocenters. The molecule has 0 aromatic carbocycles. The summed E-state index contributed by atoms with van der Waals surface area (Å²) >= 11 is 8.08. The molecule has 0 fully saturated rings. The zero-order valence-electron chi connectivity index (χ0n) is 11.8. The van der Waals surface area contributed by atoms with Crippen molar-refractivity contribution in [3.8, 4) is 0 Å². The SMILES string of the molecule is Cc1nn(C)c2c1nc(C(C)Cl)n2CCc1cccs1. The summed E-state index contributed by atoms with van der Waals surface area (Å²) in [5, 5.41) is 6.45. The molecule has 20 heavy (non-hydrogen) atoms. The van der Waals surface area contributed by atoms with Crippen LogP contribution in [0.4, 0.5) is 0 Å². The van der Waals surface area contributed by atoms with Crippen molar-refractivity contribution in [2.75, 3.05) is 0 Å². The highest BCUT2D eigenvalue weighted by molar-refractivity contribution is 7.09. The van der Waals surface area contributed by atoms with Crippen LogP contribution in [-0.4, -0.2) is 19.3 Å². The molecule has 3 aromatic heterocycles. The van der Waals surface area contributed by atoms with Crippen LogP contribution < -0.4 is 0 Å². The minimum Gasteiger partial charge on any atom is -0.311 e. The quantitative estimate of drug-likeness (QED) is 0.689. The van der Waals surface area contributed by atoms with Crippen molar-refractivity contribution in [1.29, 1.82) is 0 Å². The van der Waals surface area contributed by atoms with Crippen LogP contribution in [0, 0.1) is 6.92 Å². The van der Waals surface area contributed by atoms with E-state index in [0.29, 0.717) is 0 Å². The molecular weight excluding hydrogens is 292 g/mol. The van der Waals surface area contributed by atoms with E-state index in [1.54, 1.807) is 11.3 Å². The smallest absolute Gasteiger partial charge is 0.158 e. The summed E-state index contributed by atoms with van der Waals surface area (Å²) in [5.74, 6) is 0.925. The Morgan fingerprint density at radius 3 is 2.90 bits per heavy atom. The van der Waals surface area contributed by atoms with Gasteiger partial charge in [0.05, 0.1) is 11.1 Å². The van der Waals surface area contributed by atoms with E-state index in [2.05, 4.69) is 32.2 Å². The maximum absolute atomic E-state index is 6.29. The fraction of sp³-hybridized carbons (Fsp3) is 0.429. The fourth-order valence-electron chi connectivity index (χ4n) is 2.55. The number of halogens is 1. The van der Waals surface area contributed by atoms with E-state index in [0.717, 1.165) is 35.6 Å². The first kappa shape index (κ1) is 13.6. The Morgan fingerprint density at radius 1 is 1.45 bits per heavy atom. The van der Waals surface area contributed by atoms with Gasteiger partial charge < -0.3 is 4.57 Å². The summed E-state index contributed by atoms with van der Waals surface area (Å²) in [6.45, 7) is 4.83. The first-order chi connectivity index (χ1) is 9.58. The predicted octanol–water partition coefficient (Wildman–Crippen LogP) is 3.68. The van der Waals surface area contributed by atoms with E-state index < -0.39 is 0 Å². The van der Waals surface area contributed by atoms with Gasteiger partial charge in [-0.2, -0.15) is 5.10 Å². The number of rotatable bonds is 4. The first-order valence-corrected chi connectivity index (χ1v) is 7.95. The van der Waals surface area contributed by atoms with Gasteiger partial charge in [0.1, 0.15) is 11.3 Å². The molecule has 106 valence electrons. The van der Waals surface area contributed by atoms with Gasteiger partial charge in [-0.1, -0.05) is 6.07 Å². The lowest BCUT2D eigenvalue weighted by atomic mass is 10.3. The summed E-state index contributed by atoms with van der Waals surface area (Å²) in [7, 11) is 1.96. The van der Waals surface area contributed by atoms with Crippen molar-refractivity contribution in [2.24, 2.45) is 7.05 Å². The molecule has 0 saturated carbocycles. The number of nitrogens with zero attached hydrogens (tertiary/aromatic N) is 4. The van der Waals surface area contributed by atoms with Crippen LogP contribution in [0.15, 0.2) is 17.5 Å². The maximum atomic E-state index is 6.29. The largest absolute Gasteiger partial charge is 0.311 e. The van der Waals surface area contributed by atoms with Crippen LogP contribution in [-0.2, 0) is 20.0 Å². The molecule has 3 heterocycles. The second kappa shape index (κ2) is 5.22. The van der Waals surface area contributed by atoms with Gasteiger partial charge in [-0.3, -0.25) is 4.68 Å². The number of alkyl halides is 1. The lowest BCUT2D eigenvalue weighted by Gasteiger charge is -2.10. The molecule has 0 radical (unpaired) electrons. The summed E-state index contributed by atoms with van der Waals surface area (Å²) in [5.41, 5.74) is 2.97. The molecule has 0 aliphatic carbocycles. The van der Waals surface area contributed by atoms with Crippen molar-refractivity contribution in [2.45, 2.75) is 32.2 Å². The van der Waals surface area contributed by atoms with Crippen LogP contribution in [0.25, 0.3) is 11.2 Å². The summed E-state index contributed by atoms with van der Waals surface area (Å²) < 4.78 is 4.10. The average molecular weight is 309 g/mol. The van der Waals surface area contributed by atoms with Crippen LogP contribution in [0.1, 0.15) is 28.7 Å². The third kappa shape index (κ3) is 2.25. The zero-order chi connectivity index (χ0) is 14.3. The number of aromatic nitrogens is 4. The van der Waals surface area contributed by atoms with Crippen LogP contribution in [0.5, 0.6) is 0 Å². The Kier molecular flexibility index (Phi) is 3.56. The van der Waals surface area contributed by atoms with Crippen molar-refractivity contribution in [3.63, 3.8) is 0 Å². The Bertz CT molecular complexity index is 724. The van der Waals surface area contributed by atoms with Crippen molar-refractivity contribution < 1.29 is 0 Å². The molecule has 0 amide bonds.